The molecule has 3 aliphatic rings. The summed E-state index contributed by atoms with van der Waals surface area (Å²) in [5.74, 6) is 0.506. The molecule has 9 heteroatoms. The van der Waals surface area contributed by atoms with Crippen LogP contribution in [-0.2, 0) is 34.2 Å². The summed E-state index contributed by atoms with van der Waals surface area (Å²) in [4.78, 5) is 0. The van der Waals surface area contributed by atoms with Crippen molar-refractivity contribution in [2.45, 2.75) is 191 Å². The van der Waals surface area contributed by atoms with Crippen molar-refractivity contribution in [3.05, 3.63) is 60.2 Å². The summed E-state index contributed by atoms with van der Waals surface area (Å²) in [6.07, 6.45) is 7.54. The number of aliphatic hydroxyl groups is 1. The minimum atomic E-state index is -2.12. The van der Waals surface area contributed by atoms with Crippen molar-refractivity contribution in [1.82, 2.24) is 0 Å². The van der Waals surface area contributed by atoms with Crippen LogP contribution >= 0.6 is 0 Å². The second kappa shape index (κ2) is 19.1. The highest BCUT2D eigenvalue weighted by Gasteiger charge is 2.49. The number of ether oxygens (including phenoxy) is 4. The number of methoxy groups -OCH3 is 1. The van der Waals surface area contributed by atoms with Crippen molar-refractivity contribution < 1.29 is 32.9 Å². The first-order valence-electron chi connectivity index (χ1n) is 21.0. The SMILES string of the molecule is C=C1C(C[C@@H]2O[C@H](C[C@@H](CO[Si](C)(C)C(C)(C)C)O[Si](C)(C)C(C)(C)C)[C@H](OC)[C@H]2Cc2ccccc2)OC(CC[C@@H]2O[C@@H](CCCO)CC2=C)C[C@H]1C. The molecule has 10 atom stereocenters. The van der Waals surface area contributed by atoms with E-state index in [4.69, 9.17) is 27.8 Å². The lowest BCUT2D eigenvalue weighted by molar-refractivity contribution is -0.0786. The minimum Gasteiger partial charge on any atom is -0.414 e. The van der Waals surface area contributed by atoms with E-state index >= 15 is 0 Å². The third-order valence-electron chi connectivity index (χ3n) is 13.6. The lowest BCUT2D eigenvalue weighted by atomic mass is 9.81. The van der Waals surface area contributed by atoms with Gasteiger partial charge >= 0.3 is 0 Å². The van der Waals surface area contributed by atoms with Gasteiger partial charge in [-0.2, -0.15) is 0 Å². The smallest absolute Gasteiger partial charge is 0.192 e. The Morgan fingerprint density at radius 1 is 0.852 bits per heavy atom. The molecule has 3 aliphatic heterocycles. The average molecular weight is 787 g/mol. The molecule has 1 aromatic rings. The van der Waals surface area contributed by atoms with Crippen LogP contribution in [0.15, 0.2) is 54.6 Å². The highest BCUT2D eigenvalue weighted by molar-refractivity contribution is 6.74. The lowest BCUT2D eigenvalue weighted by Gasteiger charge is -2.42. The van der Waals surface area contributed by atoms with E-state index in [2.05, 4.69) is 118 Å². The summed E-state index contributed by atoms with van der Waals surface area (Å²) in [5.41, 5.74) is 3.63. The van der Waals surface area contributed by atoms with Crippen LogP contribution < -0.4 is 0 Å². The molecule has 3 fully saturated rings. The molecule has 4 rings (SSSR count). The van der Waals surface area contributed by atoms with E-state index in [0.29, 0.717) is 12.5 Å². The van der Waals surface area contributed by atoms with Gasteiger partial charge in [0.15, 0.2) is 16.6 Å². The van der Waals surface area contributed by atoms with E-state index in [9.17, 15) is 5.11 Å². The summed E-state index contributed by atoms with van der Waals surface area (Å²) in [5, 5.41) is 9.47. The first kappa shape index (κ1) is 45.6. The Hall–Kier alpha value is -1.15. The van der Waals surface area contributed by atoms with Crippen LogP contribution in [0.2, 0.25) is 36.3 Å². The predicted octanol–water partition coefficient (Wildman–Crippen LogP) is 10.4. The summed E-state index contributed by atoms with van der Waals surface area (Å²) in [6, 6.07) is 10.8. The van der Waals surface area contributed by atoms with E-state index < -0.39 is 16.6 Å². The summed E-state index contributed by atoms with van der Waals surface area (Å²) >= 11 is 0. The highest BCUT2D eigenvalue weighted by Crippen LogP contribution is 2.44. The van der Waals surface area contributed by atoms with Crippen LogP contribution in [0.1, 0.15) is 105 Å². The first-order chi connectivity index (χ1) is 25.2. The van der Waals surface area contributed by atoms with Gasteiger partial charge in [0, 0.05) is 32.5 Å². The Balaban J connectivity index is 1.54. The molecule has 0 bridgehead atoms. The molecule has 1 N–H and O–H groups in total. The van der Waals surface area contributed by atoms with Gasteiger partial charge in [0.05, 0.1) is 55.4 Å². The van der Waals surface area contributed by atoms with Gasteiger partial charge in [-0.15, -0.1) is 0 Å². The molecule has 0 aromatic heterocycles. The van der Waals surface area contributed by atoms with E-state index in [0.717, 1.165) is 57.8 Å². The number of hydrogen-bond donors (Lipinski definition) is 1. The zero-order valence-electron chi connectivity index (χ0n) is 36.2. The largest absolute Gasteiger partial charge is 0.414 e. The Morgan fingerprint density at radius 2 is 1.50 bits per heavy atom. The zero-order valence-corrected chi connectivity index (χ0v) is 38.2. The van der Waals surface area contributed by atoms with E-state index in [1.54, 1.807) is 0 Å². The first-order valence-corrected chi connectivity index (χ1v) is 26.8. The van der Waals surface area contributed by atoms with Gasteiger partial charge in [-0.3, -0.25) is 0 Å². The number of aliphatic hydroxyl groups excluding tert-OH is 1. The average Bonchev–Trinajstić information content (AvgIpc) is 3.60. The summed E-state index contributed by atoms with van der Waals surface area (Å²) in [6.45, 7) is 35.1. The zero-order chi connectivity index (χ0) is 40.1. The van der Waals surface area contributed by atoms with Gasteiger partial charge in [0.25, 0.3) is 0 Å². The second-order valence-electron chi connectivity index (χ2n) is 19.8. The molecule has 7 nitrogen and oxygen atoms in total. The molecule has 308 valence electrons. The van der Waals surface area contributed by atoms with Gasteiger partial charge in [0.1, 0.15) is 0 Å². The monoisotopic (exact) mass is 787 g/mol. The Bertz CT molecular complexity index is 1340. The third-order valence-corrected chi connectivity index (χ3v) is 22.6. The molecule has 0 radical (unpaired) electrons. The third kappa shape index (κ3) is 11.9. The summed E-state index contributed by atoms with van der Waals surface area (Å²) < 4.78 is 41.0. The van der Waals surface area contributed by atoms with Crippen LogP contribution in [0.3, 0.4) is 0 Å². The van der Waals surface area contributed by atoms with Crippen molar-refractivity contribution in [2.75, 3.05) is 20.3 Å². The van der Waals surface area contributed by atoms with Gasteiger partial charge in [-0.05, 0) is 104 Å². The fourth-order valence-electron chi connectivity index (χ4n) is 8.03. The van der Waals surface area contributed by atoms with E-state index in [1.807, 2.05) is 7.11 Å². The minimum absolute atomic E-state index is 0.0621. The standard InChI is InChI=1S/C45H78O7Si2/c1-31-25-36(22-23-39-32(2)26-35(49-39)21-18-24-46)50-40(33(31)3)29-41-38(27-34-19-16-15-17-20-34)43(47-10)42(51-41)28-37(52-54(13,14)45(7,8)9)30-48-53(11,12)44(4,5)6/h15-17,19-20,31,35-43,46H,2-3,18,21-30H2,1,4-14H3/t31-,35+,36?,37+,38+,39+,40?,41+,42-,43-/m1/s1. The molecular formula is C45H78O7Si2. The molecule has 0 saturated carbocycles. The van der Waals surface area contributed by atoms with Crippen molar-refractivity contribution in [1.29, 1.82) is 0 Å². The van der Waals surface area contributed by atoms with Crippen LogP contribution in [0.25, 0.3) is 0 Å². The number of benzene rings is 1. The van der Waals surface area contributed by atoms with Crippen LogP contribution in [0, 0.1) is 11.8 Å². The van der Waals surface area contributed by atoms with Crippen molar-refractivity contribution in [2.24, 2.45) is 11.8 Å². The molecule has 2 unspecified atom stereocenters. The lowest BCUT2D eigenvalue weighted by Crippen LogP contribution is -2.49. The van der Waals surface area contributed by atoms with Crippen molar-refractivity contribution >= 4 is 16.6 Å². The van der Waals surface area contributed by atoms with Gasteiger partial charge in [0.2, 0.25) is 0 Å². The molecule has 1 aromatic carbocycles. The molecule has 0 aliphatic carbocycles. The van der Waals surface area contributed by atoms with Crippen molar-refractivity contribution in [3.63, 3.8) is 0 Å². The Labute approximate surface area is 332 Å². The maximum atomic E-state index is 9.29. The van der Waals surface area contributed by atoms with E-state index in [-0.39, 0.29) is 71.4 Å². The fraction of sp³-hybridized carbons (Fsp3) is 0.778. The molecule has 3 saturated heterocycles. The molecular weight excluding hydrogens is 709 g/mol. The number of rotatable bonds is 18. The van der Waals surface area contributed by atoms with Gasteiger partial charge in [-0.25, -0.2) is 0 Å². The van der Waals surface area contributed by atoms with Crippen LogP contribution in [-0.4, -0.2) is 90.9 Å². The quantitative estimate of drug-likeness (QED) is 0.117. The van der Waals surface area contributed by atoms with Crippen LogP contribution in [0.5, 0.6) is 0 Å². The topological polar surface area (TPSA) is 75.6 Å². The van der Waals surface area contributed by atoms with Crippen LogP contribution in [0.4, 0.5) is 0 Å². The second-order valence-corrected chi connectivity index (χ2v) is 29.4. The maximum Gasteiger partial charge on any atom is 0.192 e. The van der Waals surface area contributed by atoms with Crippen molar-refractivity contribution in [3.8, 4) is 0 Å². The molecule has 54 heavy (non-hydrogen) atoms. The Kier molecular flexibility index (Phi) is 16.1. The highest BCUT2D eigenvalue weighted by atomic mass is 28.4. The van der Waals surface area contributed by atoms with E-state index in [1.165, 1.54) is 16.7 Å². The number of hydrogen-bond acceptors (Lipinski definition) is 7. The molecule has 0 spiro atoms. The fourth-order valence-corrected chi connectivity index (χ4v) is 10.4. The normalized spacial score (nSPS) is 30.6. The maximum absolute atomic E-state index is 9.29. The van der Waals surface area contributed by atoms with Gasteiger partial charge < -0.3 is 32.9 Å². The molecule has 3 heterocycles. The Morgan fingerprint density at radius 3 is 2.11 bits per heavy atom. The molecule has 0 amide bonds. The predicted molar refractivity (Wildman–Crippen MR) is 227 cm³/mol. The summed E-state index contributed by atoms with van der Waals surface area (Å²) in [7, 11) is -2.28. The van der Waals surface area contributed by atoms with Gasteiger partial charge in [-0.1, -0.05) is 92.0 Å².